The predicted molar refractivity (Wildman–Crippen MR) is 238 cm³/mol. The van der Waals surface area contributed by atoms with Crippen LogP contribution in [0.4, 0.5) is 0 Å². The smallest absolute Gasteiger partial charge is 0.136 e. The van der Waals surface area contributed by atoms with Crippen molar-refractivity contribution in [1.82, 2.24) is 0 Å². The van der Waals surface area contributed by atoms with Crippen molar-refractivity contribution in [3.05, 3.63) is 193 Å². The van der Waals surface area contributed by atoms with Gasteiger partial charge in [0.2, 0.25) is 0 Å². The lowest BCUT2D eigenvalue weighted by Crippen LogP contribution is -2.15. The first-order chi connectivity index (χ1) is 27.5. The van der Waals surface area contributed by atoms with Crippen molar-refractivity contribution in [2.45, 2.75) is 19.3 Å². The number of fused-ring (bicyclic) bond motifs is 11. The van der Waals surface area contributed by atoms with Crippen LogP contribution in [0.2, 0.25) is 0 Å². The second kappa shape index (κ2) is 11.5. The molecule has 0 saturated carbocycles. The Kier molecular flexibility index (Phi) is 6.46. The summed E-state index contributed by atoms with van der Waals surface area (Å²) in [6, 6.07) is 67.2. The number of benzene rings is 10. The van der Waals surface area contributed by atoms with E-state index in [2.05, 4.69) is 196 Å². The molecule has 1 heterocycles. The van der Waals surface area contributed by atoms with E-state index in [1.165, 1.54) is 98.7 Å². The molecular weight excluding hydrogens is 677 g/mol. The van der Waals surface area contributed by atoms with Crippen molar-refractivity contribution in [2.75, 3.05) is 0 Å². The molecule has 10 aromatic carbocycles. The zero-order valence-electron chi connectivity index (χ0n) is 31.2. The van der Waals surface area contributed by atoms with Crippen LogP contribution in [0.3, 0.4) is 0 Å². The van der Waals surface area contributed by atoms with Crippen LogP contribution < -0.4 is 0 Å². The third kappa shape index (κ3) is 4.37. The molecule has 56 heavy (non-hydrogen) atoms. The van der Waals surface area contributed by atoms with E-state index in [9.17, 15) is 0 Å². The summed E-state index contributed by atoms with van der Waals surface area (Å²) in [5.74, 6) is 0. The van der Waals surface area contributed by atoms with E-state index < -0.39 is 0 Å². The van der Waals surface area contributed by atoms with Crippen LogP contribution in [-0.4, -0.2) is 0 Å². The van der Waals surface area contributed by atoms with Gasteiger partial charge in [-0.1, -0.05) is 159 Å². The maximum Gasteiger partial charge on any atom is 0.136 e. The molecule has 0 atom stereocenters. The molecule has 1 aliphatic carbocycles. The summed E-state index contributed by atoms with van der Waals surface area (Å²) in [7, 11) is 0. The van der Waals surface area contributed by atoms with Crippen molar-refractivity contribution in [1.29, 1.82) is 0 Å². The molecule has 0 amide bonds. The summed E-state index contributed by atoms with van der Waals surface area (Å²) in [4.78, 5) is 0. The van der Waals surface area contributed by atoms with Gasteiger partial charge in [-0.3, -0.25) is 0 Å². The summed E-state index contributed by atoms with van der Waals surface area (Å²) in [5, 5.41) is 12.4. The van der Waals surface area contributed by atoms with Gasteiger partial charge in [0, 0.05) is 16.2 Å². The Morgan fingerprint density at radius 3 is 1.62 bits per heavy atom. The van der Waals surface area contributed by atoms with E-state index in [0.717, 1.165) is 21.9 Å². The Balaban J connectivity index is 1.08. The number of para-hydroxylation sites is 1. The van der Waals surface area contributed by atoms with E-state index >= 15 is 0 Å². The Morgan fingerprint density at radius 2 is 0.911 bits per heavy atom. The average molecular weight is 713 g/mol. The molecule has 0 N–H and O–H groups in total. The Labute approximate surface area is 325 Å². The molecule has 0 saturated heterocycles. The summed E-state index contributed by atoms with van der Waals surface area (Å²) in [6.07, 6.45) is 0. The normalized spacial score (nSPS) is 13.3. The fourth-order valence-electron chi connectivity index (χ4n) is 10.1. The third-order valence-electron chi connectivity index (χ3n) is 12.6. The first-order valence-corrected chi connectivity index (χ1v) is 19.6. The minimum atomic E-state index is -0.143. The quantitative estimate of drug-likeness (QED) is 0.166. The second-order valence-corrected chi connectivity index (χ2v) is 16.0. The van der Waals surface area contributed by atoms with Gasteiger partial charge in [0.15, 0.2) is 0 Å². The van der Waals surface area contributed by atoms with Crippen molar-refractivity contribution in [2.24, 2.45) is 0 Å². The summed E-state index contributed by atoms with van der Waals surface area (Å²) >= 11 is 0. The first-order valence-electron chi connectivity index (χ1n) is 19.6. The topological polar surface area (TPSA) is 13.1 Å². The molecule has 0 radical (unpaired) electrons. The van der Waals surface area contributed by atoms with Gasteiger partial charge >= 0.3 is 0 Å². The first kappa shape index (κ1) is 31.4. The Hall–Kier alpha value is -6.96. The molecule has 1 aromatic heterocycles. The molecule has 262 valence electrons. The minimum Gasteiger partial charge on any atom is -0.456 e. The SMILES string of the molecule is CC1(C)c2ccccc2-c2cc(-c3ccc4cc(-c5c6ccccc6c(-c6ccccc6)c6ccccc56)ccc4c3)c3cc4c(cc3c21)oc1ccccc14. The average Bonchev–Trinajstić information content (AvgIpc) is 3.72. The molecule has 1 nitrogen and oxygen atoms in total. The summed E-state index contributed by atoms with van der Waals surface area (Å²) in [6.45, 7) is 4.74. The van der Waals surface area contributed by atoms with Crippen molar-refractivity contribution in [3.63, 3.8) is 0 Å². The Morgan fingerprint density at radius 1 is 0.339 bits per heavy atom. The van der Waals surface area contributed by atoms with Crippen molar-refractivity contribution in [3.8, 4) is 44.5 Å². The van der Waals surface area contributed by atoms with Crippen LogP contribution in [0.5, 0.6) is 0 Å². The molecule has 0 aliphatic heterocycles. The van der Waals surface area contributed by atoms with Crippen LogP contribution in [0.25, 0.3) is 110 Å². The fraction of sp³-hybridized carbons (Fsp3) is 0.0545. The highest BCUT2D eigenvalue weighted by Gasteiger charge is 2.37. The molecule has 0 unspecified atom stereocenters. The highest BCUT2D eigenvalue weighted by Crippen LogP contribution is 2.54. The highest BCUT2D eigenvalue weighted by molar-refractivity contribution is 6.22. The predicted octanol–water partition coefficient (Wildman–Crippen LogP) is 15.5. The van der Waals surface area contributed by atoms with Gasteiger partial charge in [-0.25, -0.2) is 0 Å². The number of hydrogen-bond acceptors (Lipinski definition) is 1. The molecule has 1 aliphatic rings. The fourth-order valence-corrected chi connectivity index (χ4v) is 10.1. The largest absolute Gasteiger partial charge is 0.456 e. The lowest BCUT2D eigenvalue weighted by Gasteiger charge is -2.24. The molecule has 0 bridgehead atoms. The van der Waals surface area contributed by atoms with Gasteiger partial charge in [-0.2, -0.15) is 0 Å². The zero-order valence-corrected chi connectivity index (χ0v) is 31.2. The van der Waals surface area contributed by atoms with Crippen LogP contribution in [0.1, 0.15) is 25.0 Å². The number of rotatable bonds is 3. The van der Waals surface area contributed by atoms with Crippen LogP contribution in [0.15, 0.2) is 186 Å². The lowest BCUT2D eigenvalue weighted by atomic mass is 9.79. The van der Waals surface area contributed by atoms with Gasteiger partial charge in [-0.05, 0) is 135 Å². The molecule has 12 rings (SSSR count). The van der Waals surface area contributed by atoms with Crippen LogP contribution in [0, 0.1) is 0 Å². The minimum absolute atomic E-state index is 0.143. The summed E-state index contributed by atoms with van der Waals surface area (Å²) < 4.78 is 6.50. The lowest BCUT2D eigenvalue weighted by molar-refractivity contribution is 0.663. The third-order valence-corrected chi connectivity index (χ3v) is 12.6. The van der Waals surface area contributed by atoms with Crippen molar-refractivity contribution < 1.29 is 4.42 Å². The van der Waals surface area contributed by atoms with Gasteiger partial charge in [-0.15, -0.1) is 0 Å². The van der Waals surface area contributed by atoms with Gasteiger partial charge in [0.25, 0.3) is 0 Å². The van der Waals surface area contributed by atoms with E-state index in [-0.39, 0.29) is 5.41 Å². The van der Waals surface area contributed by atoms with E-state index in [0.29, 0.717) is 0 Å². The van der Waals surface area contributed by atoms with E-state index in [4.69, 9.17) is 4.42 Å². The number of hydrogen-bond donors (Lipinski definition) is 0. The van der Waals surface area contributed by atoms with Crippen LogP contribution >= 0.6 is 0 Å². The molecule has 0 fully saturated rings. The monoisotopic (exact) mass is 712 g/mol. The Bertz CT molecular complexity index is 3380. The maximum absolute atomic E-state index is 6.50. The maximum atomic E-state index is 6.50. The van der Waals surface area contributed by atoms with Crippen LogP contribution in [-0.2, 0) is 5.41 Å². The second-order valence-electron chi connectivity index (χ2n) is 16.0. The van der Waals surface area contributed by atoms with E-state index in [1.807, 2.05) is 0 Å². The van der Waals surface area contributed by atoms with Gasteiger partial charge in [0.05, 0.1) is 0 Å². The molecule has 0 spiro atoms. The van der Waals surface area contributed by atoms with Gasteiger partial charge in [0.1, 0.15) is 11.2 Å². The molecular formula is C55H36O. The summed E-state index contributed by atoms with van der Waals surface area (Å²) in [5.41, 5.74) is 14.6. The molecule has 1 heteroatoms. The standard InChI is InChI=1S/C55H36O/c1-55(2)49-22-12-10-16-38(49)47-30-44(45-31-46-39-17-11-13-23-50(39)56-51(46)32-48(45)54(47)55)36-26-24-35-29-37(27-25-34(35)28-36)53-42-20-8-6-18-40(42)52(33-14-4-3-5-15-33)41-19-7-9-21-43(41)53/h3-32H,1-2H3. The highest BCUT2D eigenvalue weighted by atomic mass is 16.3. The number of furan rings is 1. The van der Waals surface area contributed by atoms with Gasteiger partial charge < -0.3 is 4.42 Å². The van der Waals surface area contributed by atoms with E-state index in [1.54, 1.807) is 0 Å². The molecule has 11 aromatic rings. The zero-order chi connectivity index (χ0) is 37.1. The van der Waals surface area contributed by atoms with Crippen molar-refractivity contribution >= 4 is 65.0 Å².